The monoisotopic (exact) mass is 506 g/mol. The highest BCUT2D eigenvalue weighted by atomic mass is 32.9. The number of nitrogens with one attached hydrogen (secondary N) is 1. The molecule has 0 aliphatic carbocycles. The Morgan fingerprint density at radius 3 is 2.48 bits per heavy atom. The number of esters is 2. The van der Waals surface area contributed by atoms with Crippen LogP contribution in [0.15, 0.2) is 48.5 Å². The Morgan fingerprint density at radius 1 is 1.09 bits per heavy atom. The first-order chi connectivity index (χ1) is 15.9. The molecule has 0 aliphatic heterocycles. The number of rotatable bonds is 10. The number of ether oxygens (including phenoxy) is 2. The maximum absolute atomic E-state index is 12.8. The average Bonchev–Trinajstić information content (AvgIpc) is 3.23. The van der Waals surface area contributed by atoms with Crippen LogP contribution in [0.5, 0.6) is 11.5 Å². The highest BCUT2D eigenvalue weighted by Gasteiger charge is 2.18. The summed E-state index contributed by atoms with van der Waals surface area (Å²) >= 11 is 5.16. The van der Waals surface area contributed by atoms with E-state index in [1.165, 1.54) is 22.5 Å². The lowest BCUT2D eigenvalue weighted by molar-refractivity contribution is -0.757. The van der Waals surface area contributed by atoms with Gasteiger partial charge in [0, 0.05) is 30.1 Å². The fourth-order valence-corrected chi connectivity index (χ4v) is 5.08. The predicted molar refractivity (Wildman–Crippen MR) is 127 cm³/mol. The minimum absolute atomic E-state index is 0.0155. The van der Waals surface area contributed by atoms with Gasteiger partial charge in [0.2, 0.25) is 0 Å². The smallest absolute Gasteiger partial charge is 0.347 e. The van der Waals surface area contributed by atoms with E-state index in [0.717, 1.165) is 14.3 Å². The van der Waals surface area contributed by atoms with Gasteiger partial charge in [-0.1, -0.05) is 32.9 Å². The zero-order valence-corrected chi connectivity index (χ0v) is 19.7. The molecular weight excluding hydrogens is 488 g/mol. The molecule has 2 aromatic carbocycles. The molecule has 0 fully saturated rings. The second-order valence-electron chi connectivity index (χ2n) is 6.50. The fraction of sp³-hybridized carbons (Fsp3) is 0.190. The maximum Gasteiger partial charge on any atom is 0.347 e. The normalized spacial score (nSPS) is 10.3. The van der Waals surface area contributed by atoms with Crippen molar-refractivity contribution in [1.29, 1.82) is 0 Å². The van der Waals surface area contributed by atoms with E-state index in [4.69, 9.17) is 21.7 Å². The second-order valence-corrected chi connectivity index (χ2v) is 9.41. The molecule has 3 aromatic rings. The van der Waals surface area contributed by atoms with E-state index < -0.39 is 17.0 Å². The molecule has 0 atom stereocenters. The number of carbonyl (C=O) groups excluding carboxylic acids is 2. The lowest BCUT2D eigenvalue weighted by Gasteiger charge is -2.12. The number of benzene rings is 2. The van der Waals surface area contributed by atoms with Gasteiger partial charge in [0.1, 0.15) is 20.9 Å². The van der Waals surface area contributed by atoms with Gasteiger partial charge < -0.3 is 19.6 Å². The summed E-state index contributed by atoms with van der Waals surface area (Å²) in [6.45, 7) is -0.233. The first-order valence-electron chi connectivity index (χ1n) is 9.58. The van der Waals surface area contributed by atoms with Gasteiger partial charge in [-0.25, -0.2) is 4.79 Å². The van der Waals surface area contributed by atoms with E-state index in [1.54, 1.807) is 35.6 Å². The van der Waals surface area contributed by atoms with Gasteiger partial charge in [-0.15, -0.1) is 10.1 Å². The summed E-state index contributed by atoms with van der Waals surface area (Å²) in [4.78, 5) is 40.3. The lowest BCUT2D eigenvalue weighted by atomic mass is 10.1. The van der Waals surface area contributed by atoms with Crippen molar-refractivity contribution in [2.45, 2.75) is 12.8 Å². The number of nitrogens with zero attached hydrogens (tertiary/aromatic N) is 1. The van der Waals surface area contributed by atoms with Crippen LogP contribution in [0, 0.1) is 13.9 Å². The molecule has 0 radical (unpaired) electrons. The minimum atomic E-state index is -0.931. The van der Waals surface area contributed by atoms with Crippen molar-refractivity contribution in [3.63, 3.8) is 0 Å². The largest absolute Gasteiger partial charge is 0.426 e. The topological polar surface area (TPSA) is 117 Å². The number of anilines is 1. The fourth-order valence-electron chi connectivity index (χ4n) is 2.68. The van der Waals surface area contributed by atoms with Gasteiger partial charge in [0.15, 0.2) is 0 Å². The molecule has 172 valence electrons. The SMILES string of the molecule is CNc1ccc(C(=O)Oc2ccc(-c3cc(=S)ss3)cc2)c(OC(=O)CCCO[N+](=O)[O-])c1. The summed E-state index contributed by atoms with van der Waals surface area (Å²) in [6, 6.07) is 13.5. The molecule has 0 saturated carbocycles. The highest BCUT2D eigenvalue weighted by molar-refractivity contribution is 7.80. The Kier molecular flexibility index (Phi) is 8.46. The van der Waals surface area contributed by atoms with Crippen LogP contribution in [0.25, 0.3) is 10.4 Å². The third-order valence-corrected chi connectivity index (χ3v) is 7.16. The van der Waals surface area contributed by atoms with Crippen molar-refractivity contribution in [1.82, 2.24) is 0 Å². The first kappa shape index (κ1) is 24.3. The molecule has 0 amide bonds. The van der Waals surface area contributed by atoms with E-state index in [2.05, 4.69) is 10.2 Å². The Morgan fingerprint density at radius 2 is 1.85 bits per heavy atom. The summed E-state index contributed by atoms with van der Waals surface area (Å²) in [5, 5.41) is 12.1. The quantitative estimate of drug-likeness (QED) is 0.0737. The molecule has 1 heterocycles. The van der Waals surface area contributed by atoms with Crippen LogP contribution < -0.4 is 14.8 Å². The summed E-state index contributed by atoms with van der Waals surface area (Å²) < 4.78 is 11.6. The van der Waals surface area contributed by atoms with Crippen molar-refractivity contribution in [3.8, 4) is 21.9 Å². The van der Waals surface area contributed by atoms with E-state index in [-0.39, 0.29) is 30.8 Å². The molecule has 0 unspecified atom stereocenters. The molecule has 0 spiro atoms. The van der Waals surface area contributed by atoms with Crippen molar-refractivity contribution < 1.29 is 29.0 Å². The third kappa shape index (κ3) is 7.07. The van der Waals surface area contributed by atoms with E-state index in [9.17, 15) is 19.7 Å². The zero-order chi connectivity index (χ0) is 23.8. The summed E-state index contributed by atoms with van der Waals surface area (Å²) in [5.41, 5.74) is 1.64. The molecular formula is C21H18N2O7S3. The van der Waals surface area contributed by atoms with Crippen LogP contribution in [-0.4, -0.2) is 30.7 Å². The minimum Gasteiger partial charge on any atom is -0.426 e. The van der Waals surface area contributed by atoms with Crippen molar-refractivity contribution in [2.75, 3.05) is 19.0 Å². The lowest BCUT2D eigenvalue weighted by Crippen LogP contribution is -2.15. The molecule has 12 heteroatoms. The summed E-state index contributed by atoms with van der Waals surface area (Å²) in [5.74, 6) is -1.01. The molecule has 9 nitrogen and oxygen atoms in total. The average molecular weight is 507 g/mol. The van der Waals surface area contributed by atoms with Crippen LogP contribution in [0.2, 0.25) is 0 Å². The second kappa shape index (κ2) is 11.5. The molecule has 1 N–H and O–H groups in total. The summed E-state index contributed by atoms with van der Waals surface area (Å²) in [7, 11) is 4.77. The van der Waals surface area contributed by atoms with Gasteiger partial charge in [-0.05, 0) is 54.4 Å². The standard InChI is InChI=1S/C21H18N2O7S3/c1-22-14-6-9-16(17(11-14)30-19(24)3-2-10-28-23(26)27)21(25)29-15-7-4-13(5-8-15)18-12-20(31)33-32-18/h4-9,11-12,22H,2-3,10H2,1H3. The zero-order valence-electron chi connectivity index (χ0n) is 17.3. The third-order valence-electron chi connectivity index (χ3n) is 4.25. The van der Waals surface area contributed by atoms with E-state index in [0.29, 0.717) is 11.4 Å². The molecule has 1 aromatic heterocycles. The number of hydrogen-bond acceptors (Lipinski definition) is 11. The molecule has 33 heavy (non-hydrogen) atoms. The van der Waals surface area contributed by atoms with E-state index in [1.807, 2.05) is 18.2 Å². The van der Waals surface area contributed by atoms with Gasteiger partial charge in [0.05, 0.1) is 6.61 Å². The van der Waals surface area contributed by atoms with Crippen LogP contribution in [0.3, 0.4) is 0 Å². The molecule has 0 bridgehead atoms. The van der Waals surface area contributed by atoms with Crippen molar-refractivity contribution in [2.24, 2.45) is 0 Å². The molecule has 3 rings (SSSR count). The Balaban J connectivity index is 1.69. The Hall–Kier alpha value is -3.35. The maximum atomic E-state index is 12.8. The van der Waals surface area contributed by atoms with Gasteiger partial charge in [-0.3, -0.25) is 4.79 Å². The van der Waals surface area contributed by atoms with Gasteiger partial charge in [0.25, 0.3) is 5.09 Å². The van der Waals surface area contributed by atoms with Crippen LogP contribution >= 0.6 is 32.9 Å². The highest BCUT2D eigenvalue weighted by Crippen LogP contribution is 2.31. The van der Waals surface area contributed by atoms with Crippen LogP contribution in [0.4, 0.5) is 5.69 Å². The predicted octanol–water partition coefficient (Wildman–Crippen LogP) is 5.36. The van der Waals surface area contributed by atoms with Crippen molar-refractivity contribution in [3.05, 3.63) is 68.0 Å². The molecule has 0 saturated heterocycles. The Labute approximate surface area is 201 Å². The number of hydrogen-bond donors (Lipinski definition) is 1. The Bertz CT molecular complexity index is 1210. The summed E-state index contributed by atoms with van der Waals surface area (Å²) in [6.07, 6.45) is -0.0290. The van der Waals surface area contributed by atoms with Crippen LogP contribution in [-0.2, 0) is 9.63 Å². The van der Waals surface area contributed by atoms with E-state index >= 15 is 0 Å². The van der Waals surface area contributed by atoms with Crippen molar-refractivity contribution >= 4 is 50.5 Å². The molecule has 0 aliphatic rings. The number of carbonyl (C=O) groups is 2. The van der Waals surface area contributed by atoms with Crippen LogP contribution in [0.1, 0.15) is 23.2 Å². The van der Waals surface area contributed by atoms with Gasteiger partial charge in [-0.2, -0.15) is 0 Å². The first-order valence-corrected chi connectivity index (χ1v) is 12.1. The van der Waals surface area contributed by atoms with Gasteiger partial charge >= 0.3 is 11.9 Å².